The number of aldehydes is 1. The Morgan fingerprint density at radius 3 is 2.87 bits per heavy atom. The van der Waals surface area contributed by atoms with Crippen molar-refractivity contribution in [3.63, 3.8) is 0 Å². The maximum absolute atomic E-state index is 10.9. The number of thiophene rings is 1. The highest BCUT2D eigenvalue weighted by atomic mass is 35.5. The van der Waals surface area contributed by atoms with Crippen molar-refractivity contribution >= 4 is 39.4 Å². The van der Waals surface area contributed by atoms with Crippen LogP contribution in [0.1, 0.15) is 18.7 Å². The molecule has 0 spiro atoms. The highest BCUT2D eigenvalue weighted by Crippen LogP contribution is 2.33. The van der Waals surface area contributed by atoms with E-state index in [2.05, 4.69) is 4.98 Å². The number of pyridine rings is 1. The molecule has 0 aromatic carbocycles. The zero-order valence-corrected chi connectivity index (χ0v) is 10.0. The summed E-state index contributed by atoms with van der Waals surface area (Å²) < 4.78 is 1.06. The lowest BCUT2D eigenvalue weighted by Gasteiger charge is -2.12. The summed E-state index contributed by atoms with van der Waals surface area (Å²) in [6.45, 7) is 3.79. The molecule has 0 radical (unpaired) electrons. The summed E-state index contributed by atoms with van der Waals surface area (Å²) in [4.78, 5) is 16.2. The Hall–Kier alpha value is -0.930. The van der Waals surface area contributed by atoms with Crippen molar-refractivity contribution in [1.82, 2.24) is 4.98 Å². The fourth-order valence-corrected chi connectivity index (χ4v) is 2.49. The van der Waals surface area contributed by atoms with Crippen LogP contribution in [0, 0.1) is 0 Å². The van der Waals surface area contributed by atoms with E-state index in [1.54, 1.807) is 17.4 Å². The molecule has 2 rings (SSSR count). The number of hydrogen-bond acceptors (Lipinski definition) is 3. The molecule has 0 aliphatic rings. The second-order valence-electron chi connectivity index (χ2n) is 3.97. The first-order chi connectivity index (χ1) is 7.03. The first kappa shape index (κ1) is 10.6. The quantitative estimate of drug-likeness (QED) is 0.594. The van der Waals surface area contributed by atoms with E-state index in [0.717, 1.165) is 21.4 Å². The normalized spacial score (nSPS) is 11.9. The number of aromatic nitrogens is 1. The van der Waals surface area contributed by atoms with Crippen molar-refractivity contribution in [3.05, 3.63) is 28.2 Å². The summed E-state index contributed by atoms with van der Waals surface area (Å²) in [6, 6.07) is 5.62. The van der Waals surface area contributed by atoms with Crippen molar-refractivity contribution in [2.24, 2.45) is 0 Å². The predicted molar refractivity (Wildman–Crippen MR) is 63.7 cm³/mol. The van der Waals surface area contributed by atoms with E-state index in [1.807, 2.05) is 26.0 Å². The molecule has 15 heavy (non-hydrogen) atoms. The first-order valence-electron chi connectivity index (χ1n) is 4.56. The Labute approximate surface area is 96.9 Å². The minimum Gasteiger partial charge on any atom is -0.302 e. The van der Waals surface area contributed by atoms with Gasteiger partial charge >= 0.3 is 0 Å². The minimum absolute atomic E-state index is 0.447. The summed E-state index contributed by atoms with van der Waals surface area (Å²) >= 11 is 7.39. The summed E-state index contributed by atoms with van der Waals surface area (Å²) in [5, 5.41) is 0.482. The van der Waals surface area contributed by atoms with Gasteiger partial charge in [-0.2, -0.15) is 0 Å². The molecule has 0 saturated carbocycles. The second kappa shape index (κ2) is 3.58. The lowest BCUT2D eigenvalue weighted by atomic mass is 9.94. The van der Waals surface area contributed by atoms with Gasteiger partial charge in [-0.1, -0.05) is 11.6 Å². The lowest BCUT2D eigenvalue weighted by Crippen LogP contribution is -2.16. The number of rotatable bonds is 2. The third-order valence-corrected chi connectivity index (χ3v) is 3.91. The van der Waals surface area contributed by atoms with E-state index in [1.165, 1.54) is 0 Å². The van der Waals surface area contributed by atoms with Crippen molar-refractivity contribution in [2.45, 2.75) is 19.3 Å². The molecule has 78 valence electrons. The van der Waals surface area contributed by atoms with Gasteiger partial charge in [0.05, 0.1) is 15.6 Å². The van der Waals surface area contributed by atoms with Crippen molar-refractivity contribution in [1.29, 1.82) is 0 Å². The number of nitrogens with zero attached hydrogens (tertiary/aromatic N) is 1. The average Bonchev–Trinajstić information content (AvgIpc) is 2.61. The maximum Gasteiger partial charge on any atom is 0.130 e. The van der Waals surface area contributed by atoms with Gasteiger partial charge in [-0.3, -0.25) is 0 Å². The van der Waals surface area contributed by atoms with Gasteiger partial charge in [-0.15, -0.1) is 11.3 Å². The van der Waals surface area contributed by atoms with Crippen molar-refractivity contribution in [3.8, 4) is 0 Å². The number of hydrogen-bond donors (Lipinski definition) is 0. The Morgan fingerprint density at radius 1 is 1.47 bits per heavy atom. The number of carbonyl (C=O) groups is 1. The van der Waals surface area contributed by atoms with E-state index < -0.39 is 5.41 Å². The predicted octanol–water partition coefficient (Wildman–Crippen LogP) is 3.43. The monoisotopic (exact) mass is 239 g/mol. The zero-order valence-electron chi connectivity index (χ0n) is 8.45. The third kappa shape index (κ3) is 1.90. The minimum atomic E-state index is -0.447. The molecule has 0 N–H and O–H groups in total. The van der Waals surface area contributed by atoms with E-state index in [-0.39, 0.29) is 0 Å². The van der Waals surface area contributed by atoms with Crippen LogP contribution >= 0.6 is 22.9 Å². The largest absolute Gasteiger partial charge is 0.302 e. The van der Waals surface area contributed by atoms with Gasteiger partial charge < -0.3 is 4.79 Å². The molecule has 0 aliphatic heterocycles. The maximum atomic E-state index is 10.9. The molecule has 0 unspecified atom stereocenters. The summed E-state index contributed by atoms with van der Waals surface area (Å²) in [5.74, 6) is 0. The molecule has 0 aliphatic carbocycles. The molecule has 2 aromatic heterocycles. The van der Waals surface area contributed by atoms with Gasteiger partial charge in [-0.25, -0.2) is 4.98 Å². The molecular formula is C11H10ClNOS. The average molecular weight is 240 g/mol. The third-order valence-electron chi connectivity index (χ3n) is 2.27. The van der Waals surface area contributed by atoms with Gasteiger partial charge in [0, 0.05) is 4.88 Å². The van der Waals surface area contributed by atoms with Crippen molar-refractivity contribution < 1.29 is 4.79 Å². The summed E-state index contributed by atoms with van der Waals surface area (Å²) in [5.41, 5.74) is 0.412. The summed E-state index contributed by atoms with van der Waals surface area (Å²) in [7, 11) is 0. The second-order valence-corrected chi connectivity index (χ2v) is 5.44. The zero-order chi connectivity index (χ0) is 11.1. The molecule has 2 nitrogen and oxygen atoms in total. The highest BCUT2D eigenvalue weighted by molar-refractivity contribution is 7.19. The van der Waals surface area contributed by atoms with Crippen LogP contribution in [-0.4, -0.2) is 11.3 Å². The first-order valence-corrected chi connectivity index (χ1v) is 5.75. The molecule has 0 amide bonds. The molecule has 2 aromatic rings. The van der Waals surface area contributed by atoms with E-state index in [9.17, 15) is 4.79 Å². The van der Waals surface area contributed by atoms with Gasteiger partial charge in [-0.05, 0) is 32.0 Å². The van der Waals surface area contributed by atoms with Crippen LogP contribution < -0.4 is 0 Å². The fourth-order valence-electron chi connectivity index (χ4n) is 1.27. The number of carbonyl (C=O) groups excluding carboxylic acids is 1. The van der Waals surface area contributed by atoms with E-state index in [4.69, 9.17) is 11.6 Å². The Bertz CT molecular complexity index is 518. The molecule has 0 fully saturated rings. The fraction of sp³-hybridized carbons (Fsp3) is 0.273. The molecule has 2 heterocycles. The Balaban J connectivity index is 2.61. The van der Waals surface area contributed by atoms with Crippen LogP contribution in [0.3, 0.4) is 0 Å². The van der Waals surface area contributed by atoms with Crippen LogP contribution in [0.25, 0.3) is 10.2 Å². The topological polar surface area (TPSA) is 30.0 Å². The summed E-state index contributed by atoms with van der Waals surface area (Å²) in [6.07, 6.45) is 0.958. The van der Waals surface area contributed by atoms with Crippen LogP contribution in [0.15, 0.2) is 18.2 Å². The Morgan fingerprint density at radius 2 is 2.20 bits per heavy atom. The van der Waals surface area contributed by atoms with Crippen LogP contribution in [0.4, 0.5) is 0 Å². The molecular weight excluding hydrogens is 230 g/mol. The van der Waals surface area contributed by atoms with Crippen LogP contribution in [-0.2, 0) is 10.2 Å². The number of halogens is 1. The van der Waals surface area contributed by atoms with Gasteiger partial charge in [0.1, 0.15) is 11.4 Å². The Kier molecular flexibility index (Phi) is 2.52. The van der Waals surface area contributed by atoms with E-state index >= 15 is 0 Å². The van der Waals surface area contributed by atoms with Crippen LogP contribution in [0.5, 0.6) is 0 Å². The van der Waals surface area contributed by atoms with Gasteiger partial charge in [0.15, 0.2) is 0 Å². The molecule has 0 bridgehead atoms. The smallest absolute Gasteiger partial charge is 0.130 e. The standard InChI is InChI=1S/C11H10ClNOS/c1-11(2,6-14)9-5-7-8(15-9)3-4-10(12)13-7/h3-6H,1-2H3. The van der Waals surface area contributed by atoms with Crippen LogP contribution in [0.2, 0.25) is 5.15 Å². The molecule has 4 heteroatoms. The van der Waals surface area contributed by atoms with E-state index in [0.29, 0.717) is 5.15 Å². The van der Waals surface area contributed by atoms with Gasteiger partial charge in [0.25, 0.3) is 0 Å². The lowest BCUT2D eigenvalue weighted by molar-refractivity contribution is -0.111. The van der Waals surface area contributed by atoms with Gasteiger partial charge in [0.2, 0.25) is 0 Å². The van der Waals surface area contributed by atoms with Crippen molar-refractivity contribution in [2.75, 3.05) is 0 Å². The number of fused-ring (bicyclic) bond motifs is 1. The molecule has 0 saturated heterocycles. The highest BCUT2D eigenvalue weighted by Gasteiger charge is 2.22. The SMILES string of the molecule is CC(C)(C=O)c1cc2nc(Cl)ccc2s1. The molecule has 0 atom stereocenters.